The molecule has 2 aromatic carbocycles. The molecule has 6 nitrogen and oxygen atoms in total. The van der Waals surface area contributed by atoms with Gasteiger partial charge < -0.3 is 25.0 Å². The van der Waals surface area contributed by atoms with Crippen molar-refractivity contribution < 1.29 is 9.47 Å². The fourth-order valence-corrected chi connectivity index (χ4v) is 4.10. The normalized spacial score (nSPS) is 17.5. The number of anilines is 1. The van der Waals surface area contributed by atoms with Crippen molar-refractivity contribution in [2.45, 2.75) is 33.4 Å². The Hall–Kier alpha value is -2.26. The molecule has 4 rings (SSSR count). The van der Waals surface area contributed by atoms with Crippen LogP contribution >= 0.6 is 24.0 Å². The molecule has 1 saturated heterocycles. The largest absolute Gasteiger partial charge is 0.493 e. The highest BCUT2D eigenvalue weighted by molar-refractivity contribution is 14.0. The van der Waals surface area contributed by atoms with Crippen LogP contribution in [0.15, 0.2) is 59.6 Å². The summed E-state index contributed by atoms with van der Waals surface area (Å²) in [5, 5.41) is 6.84. The number of nitrogens with zero attached hydrogens (tertiary/aromatic N) is 2. The summed E-state index contributed by atoms with van der Waals surface area (Å²) in [6.07, 6.45) is 5.50. The number of aryl methyl sites for hydroxylation is 1. The lowest BCUT2D eigenvalue weighted by molar-refractivity contribution is 0.166. The lowest BCUT2D eigenvalue weighted by Crippen LogP contribution is -2.36. The molecule has 0 spiro atoms. The molecule has 7 heteroatoms. The molecule has 2 aromatic rings. The molecule has 0 bridgehead atoms. The van der Waals surface area contributed by atoms with Gasteiger partial charge in [-0.2, -0.15) is 0 Å². The first-order chi connectivity index (χ1) is 16.2. The predicted octanol–water partition coefficient (Wildman–Crippen LogP) is 4.66. The Kier molecular flexibility index (Phi) is 10.5. The second kappa shape index (κ2) is 13.6. The van der Waals surface area contributed by atoms with Gasteiger partial charge in [-0.05, 0) is 49.6 Å². The van der Waals surface area contributed by atoms with E-state index >= 15 is 0 Å². The first kappa shape index (κ1) is 26.3. The molecule has 0 radical (unpaired) electrons. The Morgan fingerprint density at radius 3 is 2.76 bits per heavy atom. The van der Waals surface area contributed by atoms with Crippen molar-refractivity contribution in [3.8, 4) is 5.75 Å². The lowest BCUT2D eigenvalue weighted by Gasteiger charge is -2.18. The van der Waals surface area contributed by atoms with Gasteiger partial charge in [0.25, 0.3) is 0 Å². The van der Waals surface area contributed by atoms with E-state index in [0.717, 1.165) is 56.5 Å². The monoisotopic (exact) mass is 576 g/mol. The minimum absolute atomic E-state index is 0. The van der Waals surface area contributed by atoms with Gasteiger partial charge in [-0.1, -0.05) is 36.4 Å². The predicted molar refractivity (Wildman–Crippen MR) is 150 cm³/mol. The number of hydrogen-bond acceptors (Lipinski definition) is 4. The second-order valence-corrected chi connectivity index (χ2v) is 8.75. The average molecular weight is 577 g/mol. The molecule has 0 aromatic heterocycles. The summed E-state index contributed by atoms with van der Waals surface area (Å²) < 4.78 is 11.7. The van der Waals surface area contributed by atoms with Crippen molar-refractivity contribution >= 4 is 35.6 Å². The Balaban J connectivity index is 0.00000324. The summed E-state index contributed by atoms with van der Waals surface area (Å²) in [5.74, 6) is 2.23. The highest BCUT2D eigenvalue weighted by atomic mass is 127. The second-order valence-electron chi connectivity index (χ2n) is 8.75. The summed E-state index contributed by atoms with van der Waals surface area (Å²) in [5.41, 5.74) is 4.79. The van der Waals surface area contributed by atoms with Gasteiger partial charge in [0.2, 0.25) is 0 Å². The van der Waals surface area contributed by atoms with Gasteiger partial charge in [0.05, 0.1) is 19.8 Å². The van der Waals surface area contributed by atoms with E-state index in [2.05, 4.69) is 84.0 Å². The summed E-state index contributed by atoms with van der Waals surface area (Å²) in [6, 6.07) is 15.0. The average Bonchev–Trinajstić information content (AvgIpc) is 3.55. The standard InChI is InChI=1S/C27H36N4O2.HI/c1-3-28-27(29-17-22-7-6-8-25(16-22)31-12-4-5-13-31)30-18-24-10-9-21(2)15-26(24)33-20-23-11-14-32-19-23;/h4-10,15-16,23H,3,11-14,17-20H2,1-2H3,(H2,28,29,30);1H. The minimum Gasteiger partial charge on any atom is -0.493 e. The fraction of sp³-hybridized carbons (Fsp3) is 0.444. The Labute approximate surface area is 220 Å². The highest BCUT2D eigenvalue weighted by Gasteiger charge is 2.17. The van der Waals surface area contributed by atoms with E-state index in [0.29, 0.717) is 25.6 Å². The van der Waals surface area contributed by atoms with Crippen LogP contribution in [0, 0.1) is 12.8 Å². The van der Waals surface area contributed by atoms with Crippen LogP contribution < -0.4 is 20.3 Å². The number of guanidine groups is 1. The number of ether oxygens (including phenoxy) is 2. The number of aliphatic imine (C=N–C) groups is 1. The molecule has 34 heavy (non-hydrogen) atoms. The quantitative estimate of drug-likeness (QED) is 0.197. The number of benzene rings is 2. The Morgan fingerprint density at radius 2 is 2.00 bits per heavy atom. The van der Waals surface area contributed by atoms with Crippen LogP contribution in [0.3, 0.4) is 0 Å². The van der Waals surface area contributed by atoms with Crippen LogP contribution in [0.4, 0.5) is 5.69 Å². The van der Waals surface area contributed by atoms with Crippen molar-refractivity contribution in [2.24, 2.45) is 10.9 Å². The van der Waals surface area contributed by atoms with Crippen LogP contribution in [0.25, 0.3) is 0 Å². The fourth-order valence-electron chi connectivity index (χ4n) is 4.10. The zero-order chi connectivity index (χ0) is 22.9. The molecule has 0 amide bonds. The molecule has 0 saturated carbocycles. The SMILES string of the molecule is CCNC(=NCc1cccc(N2CC=CC2)c1)NCc1ccc(C)cc1OCC1CCOC1.I. The maximum Gasteiger partial charge on any atom is 0.191 e. The molecule has 0 aliphatic carbocycles. The van der Waals surface area contributed by atoms with Gasteiger partial charge in [-0.25, -0.2) is 4.99 Å². The van der Waals surface area contributed by atoms with Crippen molar-refractivity contribution in [2.75, 3.05) is 44.4 Å². The number of hydrogen-bond donors (Lipinski definition) is 2. The maximum atomic E-state index is 6.20. The zero-order valence-corrected chi connectivity index (χ0v) is 22.6. The highest BCUT2D eigenvalue weighted by Crippen LogP contribution is 2.23. The molecular weight excluding hydrogens is 539 g/mol. The van der Waals surface area contributed by atoms with Gasteiger partial charge in [0, 0.05) is 50.0 Å². The van der Waals surface area contributed by atoms with Crippen molar-refractivity contribution in [3.05, 3.63) is 71.3 Å². The van der Waals surface area contributed by atoms with E-state index < -0.39 is 0 Å². The van der Waals surface area contributed by atoms with Crippen LogP contribution in [-0.2, 0) is 17.8 Å². The summed E-state index contributed by atoms with van der Waals surface area (Å²) in [6.45, 7) is 10.6. The third kappa shape index (κ3) is 7.63. The van der Waals surface area contributed by atoms with Gasteiger partial charge in [0.1, 0.15) is 5.75 Å². The van der Waals surface area contributed by atoms with Crippen LogP contribution in [0.1, 0.15) is 30.0 Å². The molecular formula is C27H37IN4O2. The summed E-state index contributed by atoms with van der Waals surface area (Å²) >= 11 is 0. The number of halogens is 1. The third-order valence-electron chi connectivity index (χ3n) is 6.03. The van der Waals surface area contributed by atoms with Crippen molar-refractivity contribution in [3.63, 3.8) is 0 Å². The summed E-state index contributed by atoms with van der Waals surface area (Å²) in [4.78, 5) is 7.18. The number of nitrogens with one attached hydrogen (secondary N) is 2. The lowest BCUT2D eigenvalue weighted by atomic mass is 10.1. The van der Waals surface area contributed by atoms with E-state index in [9.17, 15) is 0 Å². The summed E-state index contributed by atoms with van der Waals surface area (Å²) in [7, 11) is 0. The first-order valence-electron chi connectivity index (χ1n) is 12.0. The van der Waals surface area contributed by atoms with E-state index in [1.165, 1.54) is 16.8 Å². The van der Waals surface area contributed by atoms with E-state index in [1.807, 2.05) is 0 Å². The molecule has 2 aliphatic heterocycles. The van der Waals surface area contributed by atoms with Gasteiger partial charge in [-0.15, -0.1) is 24.0 Å². The van der Waals surface area contributed by atoms with E-state index in [1.54, 1.807) is 0 Å². The van der Waals surface area contributed by atoms with Gasteiger partial charge in [-0.3, -0.25) is 0 Å². The minimum atomic E-state index is 0. The van der Waals surface area contributed by atoms with Crippen molar-refractivity contribution in [1.82, 2.24) is 10.6 Å². The third-order valence-corrected chi connectivity index (χ3v) is 6.03. The molecule has 184 valence electrons. The molecule has 2 aliphatic rings. The van der Waals surface area contributed by atoms with Crippen LogP contribution in [0.2, 0.25) is 0 Å². The first-order valence-corrected chi connectivity index (χ1v) is 12.0. The smallest absolute Gasteiger partial charge is 0.191 e. The molecule has 1 fully saturated rings. The Bertz CT molecular complexity index is 965. The van der Waals surface area contributed by atoms with E-state index in [4.69, 9.17) is 14.5 Å². The van der Waals surface area contributed by atoms with Crippen LogP contribution in [0.5, 0.6) is 5.75 Å². The molecule has 1 unspecified atom stereocenters. The Morgan fingerprint density at radius 1 is 1.15 bits per heavy atom. The molecule has 2 heterocycles. The molecule has 2 N–H and O–H groups in total. The van der Waals surface area contributed by atoms with E-state index in [-0.39, 0.29) is 24.0 Å². The maximum absolute atomic E-state index is 6.20. The zero-order valence-electron chi connectivity index (χ0n) is 20.3. The molecule has 1 atom stereocenters. The van der Waals surface area contributed by atoms with Crippen molar-refractivity contribution in [1.29, 1.82) is 0 Å². The van der Waals surface area contributed by atoms with Gasteiger partial charge >= 0.3 is 0 Å². The number of rotatable bonds is 9. The van der Waals surface area contributed by atoms with Gasteiger partial charge in [0.15, 0.2) is 5.96 Å². The van der Waals surface area contributed by atoms with Crippen LogP contribution in [-0.4, -0.2) is 45.4 Å². The topological polar surface area (TPSA) is 58.1 Å².